The molecule has 6 heteroatoms. The second kappa shape index (κ2) is 9.77. The summed E-state index contributed by atoms with van der Waals surface area (Å²) in [6.45, 7) is 0. The SMILES string of the molecule is COC(=O)CCCCCCC(=O)N/N=C/c1ccco1. The maximum absolute atomic E-state index is 11.4. The second-order valence-corrected chi connectivity index (χ2v) is 4.30. The number of hydrogen-bond donors (Lipinski definition) is 1. The van der Waals surface area contributed by atoms with E-state index in [1.807, 2.05) is 0 Å². The Labute approximate surface area is 118 Å². The van der Waals surface area contributed by atoms with E-state index in [-0.39, 0.29) is 11.9 Å². The summed E-state index contributed by atoms with van der Waals surface area (Å²) in [6, 6.07) is 3.49. The van der Waals surface area contributed by atoms with Gasteiger partial charge in [0, 0.05) is 12.8 Å². The van der Waals surface area contributed by atoms with Gasteiger partial charge in [-0.15, -0.1) is 0 Å². The molecule has 1 aromatic rings. The Hall–Kier alpha value is -2.11. The lowest BCUT2D eigenvalue weighted by molar-refractivity contribution is -0.140. The molecular weight excluding hydrogens is 260 g/mol. The fourth-order valence-corrected chi connectivity index (χ4v) is 1.60. The van der Waals surface area contributed by atoms with Gasteiger partial charge in [-0.25, -0.2) is 5.43 Å². The van der Waals surface area contributed by atoms with Crippen molar-refractivity contribution < 1.29 is 18.7 Å². The van der Waals surface area contributed by atoms with E-state index in [4.69, 9.17) is 4.42 Å². The number of amides is 1. The highest BCUT2D eigenvalue weighted by Gasteiger charge is 2.01. The van der Waals surface area contributed by atoms with Crippen LogP contribution in [-0.4, -0.2) is 25.2 Å². The van der Waals surface area contributed by atoms with Crippen LogP contribution in [0.5, 0.6) is 0 Å². The molecule has 0 saturated heterocycles. The lowest BCUT2D eigenvalue weighted by Crippen LogP contribution is -2.16. The Morgan fingerprint density at radius 2 is 2.05 bits per heavy atom. The minimum absolute atomic E-state index is 0.124. The van der Waals surface area contributed by atoms with Crippen LogP contribution in [0.1, 0.15) is 44.3 Å². The topological polar surface area (TPSA) is 80.9 Å². The van der Waals surface area contributed by atoms with E-state index in [9.17, 15) is 9.59 Å². The van der Waals surface area contributed by atoms with Crippen molar-refractivity contribution >= 4 is 18.1 Å². The molecule has 0 saturated carbocycles. The molecule has 0 aliphatic heterocycles. The summed E-state index contributed by atoms with van der Waals surface area (Å²) >= 11 is 0. The van der Waals surface area contributed by atoms with E-state index in [0.29, 0.717) is 18.6 Å². The highest BCUT2D eigenvalue weighted by molar-refractivity contribution is 5.80. The van der Waals surface area contributed by atoms with Crippen LogP contribution < -0.4 is 5.43 Å². The molecule has 0 aliphatic carbocycles. The van der Waals surface area contributed by atoms with E-state index in [1.54, 1.807) is 12.1 Å². The minimum Gasteiger partial charge on any atom is -0.469 e. The van der Waals surface area contributed by atoms with Crippen LogP contribution in [0.25, 0.3) is 0 Å². The number of methoxy groups -OCH3 is 1. The summed E-state index contributed by atoms with van der Waals surface area (Å²) in [5, 5.41) is 3.78. The van der Waals surface area contributed by atoms with Gasteiger partial charge in [-0.05, 0) is 25.0 Å². The first-order valence-corrected chi connectivity index (χ1v) is 6.64. The number of carbonyl (C=O) groups excluding carboxylic acids is 2. The van der Waals surface area contributed by atoms with Crippen molar-refractivity contribution in [3.8, 4) is 0 Å². The van der Waals surface area contributed by atoms with Crippen LogP contribution in [0.4, 0.5) is 0 Å². The maximum Gasteiger partial charge on any atom is 0.305 e. The Morgan fingerprint density at radius 3 is 2.70 bits per heavy atom. The van der Waals surface area contributed by atoms with Crippen molar-refractivity contribution in [3.63, 3.8) is 0 Å². The zero-order valence-corrected chi connectivity index (χ0v) is 11.6. The van der Waals surface area contributed by atoms with Gasteiger partial charge < -0.3 is 9.15 Å². The van der Waals surface area contributed by atoms with Gasteiger partial charge in [0.25, 0.3) is 0 Å². The average molecular weight is 280 g/mol. The number of nitrogens with zero attached hydrogens (tertiary/aromatic N) is 1. The quantitative estimate of drug-likeness (QED) is 0.325. The zero-order valence-electron chi connectivity index (χ0n) is 11.6. The number of rotatable bonds is 9. The first-order valence-electron chi connectivity index (χ1n) is 6.64. The Balaban J connectivity index is 1.99. The molecule has 0 fully saturated rings. The van der Waals surface area contributed by atoms with Crippen LogP contribution in [0.2, 0.25) is 0 Å². The number of hydrogen-bond acceptors (Lipinski definition) is 5. The highest BCUT2D eigenvalue weighted by atomic mass is 16.5. The average Bonchev–Trinajstić information content (AvgIpc) is 2.95. The second-order valence-electron chi connectivity index (χ2n) is 4.30. The minimum atomic E-state index is -0.185. The molecule has 0 bridgehead atoms. The molecule has 110 valence electrons. The Morgan fingerprint density at radius 1 is 1.30 bits per heavy atom. The first-order chi connectivity index (χ1) is 9.72. The molecule has 0 aliphatic rings. The molecule has 0 radical (unpaired) electrons. The normalized spacial score (nSPS) is 10.7. The summed E-state index contributed by atoms with van der Waals surface area (Å²) in [5.74, 6) is 0.281. The highest BCUT2D eigenvalue weighted by Crippen LogP contribution is 2.06. The van der Waals surface area contributed by atoms with E-state index < -0.39 is 0 Å². The monoisotopic (exact) mass is 280 g/mol. The predicted octanol–water partition coefficient (Wildman–Crippen LogP) is 2.24. The number of hydrazone groups is 1. The summed E-state index contributed by atoms with van der Waals surface area (Å²) < 4.78 is 9.57. The van der Waals surface area contributed by atoms with Crippen molar-refractivity contribution in [3.05, 3.63) is 24.2 Å². The third-order valence-electron chi connectivity index (χ3n) is 2.69. The van der Waals surface area contributed by atoms with Gasteiger partial charge in [-0.1, -0.05) is 12.8 Å². The van der Waals surface area contributed by atoms with Gasteiger partial charge in [0.15, 0.2) is 0 Å². The Kier molecular flexibility index (Phi) is 7.79. The van der Waals surface area contributed by atoms with E-state index in [0.717, 1.165) is 25.7 Å². The predicted molar refractivity (Wildman–Crippen MR) is 74.2 cm³/mol. The zero-order chi connectivity index (χ0) is 14.6. The van der Waals surface area contributed by atoms with E-state index in [1.165, 1.54) is 19.6 Å². The van der Waals surface area contributed by atoms with Crippen LogP contribution in [-0.2, 0) is 14.3 Å². The lowest BCUT2D eigenvalue weighted by atomic mass is 10.1. The first kappa shape index (κ1) is 15.9. The number of carbonyl (C=O) groups is 2. The third kappa shape index (κ3) is 7.35. The maximum atomic E-state index is 11.4. The smallest absolute Gasteiger partial charge is 0.305 e. The molecule has 0 unspecified atom stereocenters. The van der Waals surface area contributed by atoms with Crippen molar-refractivity contribution in [2.75, 3.05) is 7.11 Å². The number of esters is 1. The van der Waals surface area contributed by atoms with Crippen molar-refractivity contribution in [1.82, 2.24) is 5.43 Å². The molecule has 0 aromatic carbocycles. The van der Waals surface area contributed by atoms with E-state index in [2.05, 4.69) is 15.3 Å². The number of nitrogens with one attached hydrogen (secondary N) is 1. The fraction of sp³-hybridized carbons (Fsp3) is 0.500. The summed E-state index contributed by atoms with van der Waals surface area (Å²) in [4.78, 5) is 22.3. The van der Waals surface area contributed by atoms with Gasteiger partial charge >= 0.3 is 5.97 Å². The van der Waals surface area contributed by atoms with Crippen LogP contribution in [0.3, 0.4) is 0 Å². The van der Waals surface area contributed by atoms with Gasteiger partial charge in [0.1, 0.15) is 5.76 Å². The lowest BCUT2D eigenvalue weighted by Gasteiger charge is -2.01. The molecule has 6 nitrogen and oxygen atoms in total. The number of unbranched alkanes of at least 4 members (excludes halogenated alkanes) is 3. The van der Waals surface area contributed by atoms with Gasteiger partial charge in [0.05, 0.1) is 19.6 Å². The number of furan rings is 1. The summed E-state index contributed by atoms with van der Waals surface area (Å²) in [7, 11) is 1.38. The van der Waals surface area contributed by atoms with E-state index >= 15 is 0 Å². The molecule has 1 N–H and O–H groups in total. The molecule has 1 aromatic heterocycles. The van der Waals surface area contributed by atoms with Crippen LogP contribution >= 0.6 is 0 Å². The largest absolute Gasteiger partial charge is 0.469 e. The summed E-state index contributed by atoms with van der Waals surface area (Å²) in [6.07, 6.45) is 7.26. The molecule has 1 rings (SSSR count). The standard InChI is InChI=1S/C14H20N2O4/c1-19-14(18)9-5-3-2-4-8-13(17)16-15-11-12-7-6-10-20-12/h6-7,10-11H,2-5,8-9H2,1H3,(H,16,17)/b15-11+. The van der Waals surface area contributed by atoms with Crippen molar-refractivity contribution in [1.29, 1.82) is 0 Å². The molecule has 0 atom stereocenters. The molecule has 1 heterocycles. The Bertz CT molecular complexity index is 426. The molecular formula is C14H20N2O4. The summed E-state index contributed by atoms with van der Waals surface area (Å²) in [5.41, 5.74) is 2.44. The van der Waals surface area contributed by atoms with Crippen LogP contribution in [0, 0.1) is 0 Å². The van der Waals surface area contributed by atoms with Gasteiger partial charge in [0.2, 0.25) is 5.91 Å². The van der Waals surface area contributed by atoms with Crippen LogP contribution in [0.15, 0.2) is 27.9 Å². The third-order valence-corrected chi connectivity index (χ3v) is 2.69. The van der Waals surface area contributed by atoms with Gasteiger partial charge in [-0.3, -0.25) is 9.59 Å². The van der Waals surface area contributed by atoms with Crippen molar-refractivity contribution in [2.24, 2.45) is 5.10 Å². The van der Waals surface area contributed by atoms with Gasteiger partial charge in [-0.2, -0.15) is 5.10 Å². The van der Waals surface area contributed by atoms with Crippen molar-refractivity contribution in [2.45, 2.75) is 38.5 Å². The fourth-order valence-electron chi connectivity index (χ4n) is 1.60. The molecule has 1 amide bonds. The molecule has 20 heavy (non-hydrogen) atoms. The molecule has 0 spiro atoms. The number of ether oxygens (including phenoxy) is 1.